The molecule has 2 aliphatic heterocycles. The molecule has 2 aromatic rings. The van der Waals surface area contributed by atoms with Crippen molar-refractivity contribution in [3.8, 4) is 10.4 Å². The standard InChI is InChI=1S/C43H65N5O10S2/c1-8-56-39(51)34(46-60(54,55)37-19-18-35(59-37)32-12-10-9-11-13-32)28-44-36(49)29-45-38(50)33(16-14-30-20-24-47(25-21-30)40(52)57-42(2,3)4)17-15-31-22-26-48(27-23-31)41(53)58-43(5,6)7/h9-13,18-19,30-31,33-34,46H,8,14-17,20-29H2,1-7H3,(H,44,49)(H,45,50)/t34-/m0/s1. The molecule has 4 amide bonds. The summed E-state index contributed by atoms with van der Waals surface area (Å²) in [6, 6.07) is 11.0. The van der Waals surface area contributed by atoms with E-state index in [0.29, 0.717) is 50.9 Å². The van der Waals surface area contributed by atoms with Crippen molar-refractivity contribution in [3.63, 3.8) is 0 Å². The molecule has 2 saturated heterocycles. The van der Waals surface area contributed by atoms with Crippen molar-refractivity contribution in [2.24, 2.45) is 17.8 Å². The van der Waals surface area contributed by atoms with Gasteiger partial charge in [-0.3, -0.25) is 14.4 Å². The van der Waals surface area contributed by atoms with E-state index in [0.717, 1.165) is 60.3 Å². The van der Waals surface area contributed by atoms with E-state index < -0.39 is 45.7 Å². The van der Waals surface area contributed by atoms with Gasteiger partial charge in [-0.25, -0.2) is 18.0 Å². The van der Waals surface area contributed by atoms with Crippen LogP contribution >= 0.6 is 11.3 Å². The Morgan fingerprint density at radius 2 is 1.28 bits per heavy atom. The molecule has 0 saturated carbocycles. The quantitative estimate of drug-likeness (QED) is 0.120. The van der Waals surface area contributed by atoms with Crippen LogP contribution in [0.25, 0.3) is 10.4 Å². The highest BCUT2D eigenvalue weighted by atomic mass is 32.2. The van der Waals surface area contributed by atoms with Gasteiger partial charge in [-0.2, -0.15) is 4.72 Å². The Morgan fingerprint density at radius 1 is 0.767 bits per heavy atom. The summed E-state index contributed by atoms with van der Waals surface area (Å²) in [4.78, 5) is 69.1. The fraction of sp³-hybridized carbons (Fsp3) is 0.651. The molecule has 0 spiro atoms. The van der Waals surface area contributed by atoms with Crippen molar-refractivity contribution in [3.05, 3.63) is 42.5 Å². The predicted octanol–water partition coefficient (Wildman–Crippen LogP) is 6.33. The molecule has 60 heavy (non-hydrogen) atoms. The van der Waals surface area contributed by atoms with Gasteiger partial charge in [0.2, 0.25) is 11.8 Å². The normalized spacial score (nSPS) is 16.3. The Balaban J connectivity index is 1.33. The van der Waals surface area contributed by atoms with Crippen LogP contribution in [0.4, 0.5) is 9.59 Å². The molecule has 2 fully saturated rings. The molecule has 0 unspecified atom stereocenters. The van der Waals surface area contributed by atoms with Crippen LogP contribution in [0, 0.1) is 17.8 Å². The van der Waals surface area contributed by atoms with Crippen molar-refractivity contribution in [1.82, 2.24) is 25.2 Å². The molecule has 1 atom stereocenters. The van der Waals surface area contributed by atoms with Crippen LogP contribution in [0.2, 0.25) is 0 Å². The van der Waals surface area contributed by atoms with Crippen LogP contribution in [-0.4, -0.2) is 111 Å². The third-order valence-corrected chi connectivity index (χ3v) is 13.5. The zero-order valence-electron chi connectivity index (χ0n) is 36.3. The van der Waals surface area contributed by atoms with Gasteiger partial charge in [-0.1, -0.05) is 30.3 Å². The molecule has 0 bridgehead atoms. The average Bonchev–Trinajstić information content (AvgIpc) is 3.70. The lowest BCUT2D eigenvalue weighted by molar-refractivity contribution is -0.145. The number of carbonyl (C=O) groups excluding carboxylic acids is 5. The third-order valence-electron chi connectivity index (χ3n) is 10.4. The van der Waals surface area contributed by atoms with E-state index in [1.54, 1.807) is 22.8 Å². The van der Waals surface area contributed by atoms with Gasteiger partial charge in [0.05, 0.1) is 13.2 Å². The lowest BCUT2D eigenvalue weighted by Gasteiger charge is -2.34. The Labute approximate surface area is 359 Å². The van der Waals surface area contributed by atoms with E-state index in [1.807, 2.05) is 71.9 Å². The number of hydrogen-bond donors (Lipinski definition) is 3. The molecule has 1 aromatic heterocycles. The molecule has 2 aliphatic rings. The topological polar surface area (TPSA) is 190 Å². The van der Waals surface area contributed by atoms with Gasteiger partial charge in [-0.05, 0) is 129 Å². The van der Waals surface area contributed by atoms with Crippen LogP contribution in [0.1, 0.15) is 99.8 Å². The zero-order chi connectivity index (χ0) is 44.1. The number of piperidine rings is 2. The van der Waals surface area contributed by atoms with Crippen LogP contribution in [0.5, 0.6) is 0 Å². The number of amides is 4. The average molecular weight is 876 g/mol. The first-order chi connectivity index (χ1) is 28.2. The molecule has 334 valence electrons. The Bertz CT molecular complexity index is 1790. The van der Waals surface area contributed by atoms with Gasteiger partial charge in [0.25, 0.3) is 10.0 Å². The number of ether oxygens (including phenoxy) is 3. The molecule has 0 aliphatic carbocycles. The second-order valence-electron chi connectivity index (χ2n) is 17.6. The Morgan fingerprint density at radius 3 is 1.77 bits per heavy atom. The SMILES string of the molecule is CCOC(=O)[C@H](CNC(=O)CNC(=O)C(CCC1CCN(C(=O)OC(C)(C)C)CC1)CCC1CCN(C(=O)OC(C)(C)C)CC1)NS(=O)(=O)c1ccc(-c2ccccc2)s1. The van der Waals surface area contributed by atoms with Crippen LogP contribution in [0.3, 0.4) is 0 Å². The minimum atomic E-state index is -4.16. The largest absolute Gasteiger partial charge is 0.465 e. The Hall–Kier alpha value is -4.22. The number of likely N-dealkylation sites (tertiary alicyclic amines) is 2. The third kappa shape index (κ3) is 16.0. The van der Waals surface area contributed by atoms with Crippen LogP contribution in [-0.2, 0) is 38.6 Å². The maximum atomic E-state index is 13.7. The Kier molecular flexibility index (Phi) is 17.8. The summed E-state index contributed by atoms with van der Waals surface area (Å²) in [5.74, 6) is -1.45. The molecule has 15 nitrogen and oxygen atoms in total. The second kappa shape index (κ2) is 22.0. The van der Waals surface area contributed by atoms with Gasteiger partial charge < -0.3 is 34.6 Å². The minimum Gasteiger partial charge on any atom is -0.465 e. The number of nitrogens with zero attached hydrogens (tertiary/aromatic N) is 2. The van der Waals surface area contributed by atoms with Crippen molar-refractivity contribution >= 4 is 51.3 Å². The highest BCUT2D eigenvalue weighted by molar-refractivity contribution is 7.91. The number of rotatable bonds is 17. The molecule has 4 rings (SSSR count). The number of benzene rings is 1. The zero-order valence-corrected chi connectivity index (χ0v) is 37.9. The predicted molar refractivity (Wildman–Crippen MR) is 230 cm³/mol. The summed E-state index contributed by atoms with van der Waals surface area (Å²) < 4.78 is 45.3. The fourth-order valence-electron chi connectivity index (χ4n) is 7.22. The van der Waals surface area contributed by atoms with Crippen molar-refractivity contribution in [2.45, 2.75) is 121 Å². The van der Waals surface area contributed by atoms with Gasteiger partial charge in [-0.15, -0.1) is 11.3 Å². The summed E-state index contributed by atoms with van der Waals surface area (Å²) in [5.41, 5.74) is -0.297. The van der Waals surface area contributed by atoms with E-state index in [9.17, 15) is 32.4 Å². The minimum absolute atomic E-state index is 0.00229. The summed E-state index contributed by atoms with van der Waals surface area (Å²) in [7, 11) is -4.16. The van der Waals surface area contributed by atoms with E-state index >= 15 is 0 Å². The first-order valence-electron chi connectivity index (χ1n) is 21.1. The van der Waals surface area contributed by atoms with E-state index in [2.05, 4.69) is 15.4 Å². The molecule has 0 radical (unpaired) electrons. The number of thiophene rings is 1. The summed E-state index contributed by atoms with van der Waals surface area (Å²) in [5, 5.41) is 5.35. The molecular formula is C43H65N5O10S2. The maximum Gasteiger partial charge on any atom is 0.410 e. The molecule has 17 heteroatoms. The van der Waals surface area contributed by atoms with E-state index in [1.165, 1.54) is 6.07 Å². The maximum absolute atomic E-state index is 13.7. The molecule has 3 heterocycles. The summed E-state index contributed by atoms with van der Waals surface area (Å²) >= 11 is 1.05. The van der Waals surface area contributed by atoms with Gasteiger partial charge in [0.1, 0.15) is 21.5 Å². The van der Waals surface area contributed by atoms with Crippen molar-refractivity contribution in [2.75, 3.05) is 45.9 Å². The number of esters is 1. The van der Waals surface area contributed by atoms with Gasteiger partial charge in [0.15, 0.2) is 0 Å². The van der Waals surface area contributed by atoms with Crippen LogP contribution < -0.4 is 15.4 Å². The van der Waals surface area contributed by atoms with Gasteiger partial charge in [0, 0.05) is 43.5 Å². The smallest absolute Gasteiger partial charge is 0.410 e. The monoisotopic (exact) mass is 875 g/mol. The first-order valence-corrected chi connectivity index (χ1v) is 23.4. The number of carbonyl (C=O) groups is 5. The molecular weight excluding hydrogens is 811 g/mol. The molecule has 1 aromatic carbocycles. The van der Waals surface area contributed by atoms with Gasteiger partial charge >= 0.3 is 18.2 Å². The van der Waals surface area contributed by atoms with Crippen molar-refractivity contribution < 1.29 is 46.6 Å². The number of hydrogen-bond acceptors (Lipinski definition) is 11. The number of nitrogens with one attached hydrogen (secondary N) is 3. The van der Waals surface area contributed by atoms with Crippen LogP contribution in [0.15, 0.2) is 46.7 Å². The molecule has 3 N–H and O–H groups in total. The number of sulfonamides is 1. The lowest BCUT2D eigenvalue weighted by Crippen LogP contribution is -2.50. The van der Waals surface area contributed by atoms with Crippen molar-refractivity contribution in [1.29, 1.82) is 0 Å². The first kappa shape index (κ1) is 48.4. The van der Waals surface area contributed by atoms with E-state index in [-0.39, 0.29) is 41.4 Å². The second-order valence-corrected chi connectivity index (χ2v) is 20.6. The van der Waals surface area contributed by atoms with E-state index in [4.69, 9.17) is 14.2 Å². The summed E-state index contributed by atoms with van der Waals surface area (Å²) in [6.07, 6.45) is 5.31. The summed E-state index contributed by atoms with van der Waals surface area (Å²) in [6.45, 7) is 14.2. The fourth-order valence-corrected chi connectivity index (χ4v) is 9.73. The highest BCUT2D eigenvalue weighted by Crippen LogP contribution is 2.32. The lowest BCUT2D eigenvalue weighted by atomic mass is 9.84. The highest BCUT2D eigenvalue weighted by Gasteiger charge is 2.32.